The van der Waals surface area contributed by atoms with Crippen molar-refractivity contribution in [2.45, 2.75) is 13.3 Å². The predicted octanol–water partition coefficient (Wildman–Crippen LogP) is 1.43. The lowest BCUT2D eigenvalue weighted by Gasteiger charge is -1.99. The molecule has 0 aliphatic rings. The van der Waals surface area contributed by atoms with Gasteiger partial charge in [0.15, 0.2) is 0 Å². The zero-order valence-corrected chi connectivity index (χ0v) is 7.91. The van der Waals surface area contributed by atoms with E-state index in [1.165, 1.54) is 0 Å². The second kappa shape index (κ2) is 7.66. The Kier molecular flexibility index (Phi) is 7.36. The molecule has 0 radical (unpaired) electrons. The van der Waals surface area contributed by atoms with E-state index in [1.807, 2.05) is 25.3 Å². The summed E-state index contributed by atoms with van der Waals surface area (Å²) in [5.74, 6) is 0.692. The summed E-state index contributed by atoms with van der Waals surface area (Å²) >= 11 is 1.54. The molecule has 64 valence electrons. The number of carbonyl (C=O) groups is 1. The Balaban J connectivity index is 3.17. The fourth-order valence-electron chi connectivity index (χ4n) is 0.644. The van der Waals surface area contributed by atoms with E-state index in [0.29, 0.717) is 5.75 Å². The summed E-state index contributed by atoms with van der Waals surface area (Å²) < 4.78 is 0. The van der Waals surface area contributed by atoms with Crippen LogP contribution in [0.4, 0.5) is 0 Å². The van der Waals surface area contributed by atoms with Crippen LogP contribution in [0.1, 0.15) is 13.3 Å². The highest BCUT2D eigenvalue weighted by molar-refractivity contribution is 7.99. The summed E-state index contributed by atoms with van der Waals surface area (Å²) in [7, 11) is 0. The van der Waals surface area contributed by atoms with Crippen LogP contribution < -0.4 is 5.32 Å². The van der Waals surface area contributed by atoms with Crippen LogP contribution in [0.2, 0.25) is 0 Å². The SMILES string of the molecule is C/C=C/CCNC(=O)CSC. The van der Waals surface area contributed by atoms with E-state index in [0.717, 1.165) is 13.0 Å². The van der Waals surface area contributed by atoms with Gasteiger partial charge in [-0.05, 0) is 19.6 Å². The highest BCUT2D eigenvalue weighted by atomic mass is 32.2. The van der Waals surface area contributed by atoms with Gasteiger partial charge in [0.05, 0.1) is 5.75 Å². The lowest BCUT2D eigenvalue weighted by molar-refractivity contribution is -0.118. The molecule has 0 bridgehead atoms. The van der Waals surface area contributed by atoms with Crippen LogP contribution in [0.25, 0.3) is 0 Å². The summed E-state index contributed by atoms with van der Waals surface area (Å²) in [6.45, 7) is 2.73. The van der Waals surface area contributed by atoms with Crippen molar-refractivity contribution >= 4 is 17.7 Å². The Morgan fingerprint density at radius 2 is 2.36 bits per heavy atom. The standard InChI is InChI=1S/C8H15NOS/c1-3-4-5-6-9-8(10)7-11-2/h3-4H,5-7H2,1-2H3,(H,9,10)/b4-3+. The molecule has 0 rings (SSSR count). The molecule has 2 nitrogen and oxygen atoms in total. The maximum Gasteiger partial charge on any atom is 0.229 e. The minimum atomic E-state index is 0.127. The maximum atomic E-state index is 10.9. The highest BCUT2D eigenvalue weighted by Gasteiger charge is 1.95. The predicted molar refractivity (Wildman–Crippen MR) is 50.8 cm³/mol. The van der Waals surface area contributed by atoms with E-state index in [2.05, 4.69) is 5.32 Å². The molecule has 1 amide bonds. The van der Waals surface area contributed by atoms with Gasteiger partial charge < -0.3 is 5.32 Å². The minimum absolute atomic E-state index is 0.127. The summed E-state index contributed by atoms with van der Waals surface area (Å²) in [6.07, 6.45) is 6.88. The molecule has 0 aromatic heterocycles. The molecule has 0 saturated carbocycles. The minimum Gasteiger partial charge on any atom is -0.355 e. The van der Waals surface area contributed by atoms with Gasteiger partial charge in [-0.15, -0.1) is 0 Å². The smallest absolute Gasteiger partial charge is 0.229 e. The van der Waals surface area contributed by atoms with Crippen molar-refractivity contribution in [2.75, 3.05) is 18.6 Å². The van der Waals surface area contributed by atoms with Crippen LogP contribution in [-0.4, -0.2) is 24.5 Å². The molecule has 0 fully saturated rings. The van der Waals surface area contributed by atoms with Crippen molar-refractivity contribution in [1.29, 1.82) is 0 Å². The van der Waals surface area contributed by atoms with E-state index in [1.54, 1.807) is 11.8 Å². The molecule has 3 heteroatoms. The molecule has 11 heavy (non-hydrogen) atoms. The second-order valence-electron chi connectivity index (χ2n) is 2.14. The summed E-state index contributed by atoms with van der Waals surface area (Å²) in [5.41, 5.74) is 0. The Hall–Kier alpha value is -0.440. The quantitative estimate of drug-likeness (QED) is 0.503. The molecular formula is C8H15NOS. The zero-order chi connectivity index (χ0) is 8.53. The van der Waals surface area contributed by atoms with E-state index in [4.69, 9.17) is 0 Å². The van der Waals surface area contributed by atoms with Gasteiger partial charge >= 0.3 is 0 Å². The molecule has 1 N–H and O–H groups in total. The van der Waals surface area contributed by atoms with Gasteiger partial charge in [-0.25, -0.2) is 0 Å². The van der Waals surface area contributed by atoms with Crippen molar-refractivity contribution in [3.63, 3.8) is 0 Å². The van der Waals surface area contributed by atoms with Crippen molar-refractivity contribution in [2.24, 2.45) is 0 Å². The Morgan fingerprint density at radius 1 is 1.64 bits per heavy atom. The molecule has 0 saturated heterocycles. The molecule has 0 heterocycles. The lowest BCUT2D eigenvalue weighted by Crippen LogP contribution is -2.25. The molecule has 0 aliphatic heterocycles. The molecule has 0 aliphatic carbocycles. The number of nitrogens with one attached hydrogen (secondary N) is 1. The van der Waals surface area contributed by atoms with Crippen LogP contribution in [0.5, 0.6) is 0 Å². The number of hydrogen-bond acceptors (Lipinski definition) is 2. The number of amides is 1. The lowest BCUT2D eigenvalue weighted by atomic mass is 10.4. The van der Waals surface area contributed by atoms with Crippen molar-refractivity contribution in [3.8, 4) is 0 Å². The largest absolute Gasteiger partial charge is 0.355 e. The van der Waals surface area contributed by atoms with E-state index in [9.17, 15) is 4.79 Å². The van der Waals surface area contributed by atoms with Gasteiger partial charge in [0.2, 0.25) is 5.91 Å². The first-order chi connectivity index (χ1) is 5.31. The monoisotopic (exact) mass is 173 g/mol. The first-order valence-corrected chi connectivity index (χ1v) is 5.07. The molecule has 0 atom stereocenters. The van der Waals surface area contributed by atoms with Gasteiger partial charge in [-0.2, -0.15) is 11.8 Å². The molecule has 0 aromatic carbocycles. The topological polar surface area (TPSA) is 29.1 Å². The number of rotatable bonds is 5. The van der Waals surface area contributed by atoms with Gasteiger partial charge in [-0.3, -0.25) is 4.79 Å². The first-order valence-electron chi connectivity index (χ1n) is 3.68. The number of carbonyl (C=O) groups excluding carboxylic acids is 1. The number of allylic oxidation sites excluding steroid dienone is 1. The third kappa shape index (κ3) is 7.46. The fourth-order valence-corrected chi connectivity index (χ4v) is 1.01. The molecule has 0 spiro atoms. The third-order valence-electron chi connectivity index (χ3n) is 1.14. The Bertz CT molecular complexity index is 134. The summed E-state index contributed by atoms with van der Waals surface area (Å²) in [5, 5.41) is 2.81. The zero-order valence-electron chi connectivity index (χ0n) is 7.09. The van der Waals surface area contributed by atoms with Crippen LogP contribution >= 0.6 is 11.8 Å². The van der Waals surface area contributed by atoms with Crippen molar-refractivity contribution in [1.82, 2.24) is 5.32 Å². The van der Waals surface area contributed by atoms with Gasteiger partial charge in [0, 0.05) is 6.54 Å². The first kappa shape index (κ1) is 10.6. The van der Waals surface area contributed by atoms with Crippen molar-refractivity contribution in [3.05, 3.63) is 12.2 Å². The third-order valence-corrected chi connectivity index (χ3v) is 1.70. The average Bonchev–Trinajstić information content (AvgIpc) is 1.99. The average molecular weight is 173 g/mol. The maximum absolute atomic E-state index is 10.9. The van der Waals surface area contributed by atoms with Crippen LogP contribution in [0.3, 0.4) is 0 Å². The molecule has 0 aromatic rings. The van der Waals surface area contributed by atoms with E-state index < -0.39 is 0 Å². The molecular weight excluding hydrogens is 158 g/mol. The number of thioether (sulfide) groups is 1. The van der Waals surface area contributed by atoms with Gasteiger partial charge in [0.1, 0.15) is 0 Å². The van der Waals surface area contributed by atoms with E-state index >= 15 is 0 Å². The summed E-state index contributed by atoms with van der Waals surface area (Å²) in [4.78, 5) is 10.9. The molecule has 0 unspecified atom stereocenters. The van der Waals surface area contributed by atoms with Crippen LogP contribution in [-0.2, 0) is 4.79 Å². The normalized spacial score (nSPS) is 10.4. The van der Waals surface area contributed by atoms with Crippen molar-refractivity contribution < 1.29 is 4.79 Å². The van der Waals surface area contributed by atoms with Crippen LogP contribution in [0, 0.1) is 0 Å². The fraction of sp³-hybridized carbons (Fsp3) is 0.625. The van der Waals surface area contributed by atoms with Crippen LogP contribution in [0.15, 0.2) is 12.2 Å². The van der Waals surface area contributed by atoms with E-state index in [-0.39, 0.29) is 5.91 Å². The highest BCUT2D eigenvalue weighted by Crippen LogP contribution is 1.89. The summed E-state index contributed by atoms with van der Waals surface area (Å²) in [6, 6.07) is 0. The Morgan fingerprint density at radius 3 is 2.91 bits per heavy atom. The number of hydrogen-bond donors (Lipinski definition) is 1. The second-order valence-corrected chi connectivity index (χ2v) is 3.01. The Labute approximate surface area is 72.4 Å². The van der Waals surface area contributed by atoms with Gasteiger partial charge in [-0.1, -0.05) is 12.2 Å². The van der Waals surface area contributed by atoms with Gasteiger partial charge in [0.25, 0.3) is 0 Å².